The Morgan fingerprint density at radius 2 is 1.92 bits per heavy atom. The van der Waals surface area contributed by atoms with E-state index in [2.05, 4.69) is 29.7 Å². The Balaban J connectivity index is 1.78. The van der Waals surface area contributed by atoms with Gasteiger partial charge in [-0.2, -0.15) is 0 Å². The van der Waals surface area contributed by atoms with Gasteiger partial charge >= 0.3 is 6.03 Å². The van der Waals surface area contributed by atoms with Crippen molar-refractivity contribution >= 4 is 11.7 Å². The highest BCUT2D eigenvalue weighted by atomic mass is 16.5. The maximum atomic E-state index is 12.0. The molecule has 128 valence electrons. The molecule has 0 aliphatic rings. The molecule has 0 bridgehead atoms. The zero-order valence-electron chi connectivity index (χ0n) is 14.5. The number of ether oxygens (including phenoxy) is 1. The first kappa shape index (κ1) is 17.9. The molecule has 0 heterocycles. The number of hydrogen-bond acceptors (Lipinski definition) is 2. The van der Waals surface area contributed by atoms with Crippen LogP contribution < -0.4 is 15.4 Å². The largest absolute Gasteiger partial charge is 0.494 e. The van der Waals surface area contributed by atoms with Crippen molar-refractivity contribution in [1.29, 1.82) is 0 Å². The first-order valence-corrected chi connectivity index (χ1v) is 8.51. The molecule has 0 saturated carbocycles. The van der Waals surface area contributed by atoms with Gasteiger partial charge in [0.05, 0.1) is 6.61 Å². The number of aryl methyl sites for hydroxylation is 1. The number of nitrogens with one attached hydrogen (secondary N) is 2. The van der Waals surface area contributed by atoms with Gasteiger partial charge in [-0.05, 0) is 49.1 Å². The van der Waals surface area contributed by atoms with E-state index in [4.69, 9.17) is 4.74 Å². The van der Waals surface area contributed by atoms with Crippen LogP contribution in [0.5, 0.6) is 5.75 Å². The second-order valence-corrected chi connectivity index (χ2v) is 5.80. The summed E-state index contributed by atoms with van der Waals surface area (Å²) in [6.45, 7) is 5.43. The van der Waals surface area contributed by atoms with Gasteiger partial charge in [-0.3, -0.25) is 0 Å². The maximum Gasteiger partial charge on any atom is 0.319 e. The summed E-state index contributed by atoms with van der Waals surface area (Å²) in [6.07, 6.45) is 2.97. The van der Waals surface area contributed by atoms with Gasteiger partial charge in [0, 0.05) is 12.2 Å². The Kier molecular flexibility index (Phi) is 7.15. The first-order valence-electron chi connectivity index (χ1n) is 8.51. The summed E-state index contributed by atoms with van der Waals surface area (Å²) in [4.78, 5) is 12.0. The summed E-state index contributed by atoms with van der Waals surface area (Å²) in [7, 11) is 0. The lowest BCUT2D eigenvalue weighted by Gasteiger charge is -2.12. The zero-order valence-corrected chi connectivity index (χ0v) is 14.5. The van der Waals surface area contributed by atoms with Gasteiger partial charge in [-0.15, -0.1) is 0 Å². The molecular formula is C20H26N2O2. The van der Waals surface area contributed by atoms with Gasteiger partial charge < -0.3 is 15.4 Å². The maximum absolute atomic E-state index is 12.0. The minimum Gasteiger partial charge on any atom is -0.494 e. The third-order valence-corrected chi connectivity index (χ3v) is 3.75. The third-order valence-electron chi connectivity index (χ3n) is 3.75. The molecule has 0 unspecified atom stereocenters. The van der Waals surface area contributed by atoms with Crippen molar-refractivity contribution in [3.05, 3.63) is 59.7 Å². The Hall–Kier alpha value is -2.49. The fraction of sp³-hybridized carbons (Fsp3) is 0.350. The highest BCUT2D eigenvalue weighted by Crippen LogP contribution is 2.21. The van der Waals surface area contributed by atoms with Crippen molar-refractivity contribution in [3.8, 4) is 5.75 Å². The fourth-order valence-electron chi connectivity index (χ4n) is 2.33. The van der Waals surface area contributed by atoms with E-state index in [9.17, 15) is 4.79 Å². The number of carbonyl (C=O) groups is 1. The van der Waals surface area contributed by atoms with Gasteiger partial charge in [0.1, 0.15) is 5.75 Å². The summed E-state index contributed by atoms with van der Waals surface area (Å²) in [6, 6.07) is 15.6. The summed E-state index contributed by atoms with van der Waals surface area (Å²) >= 11 is 0. The molecule has 0 radical (unpaired) electrons. The number of anilines is 1. The number of urea groups is 1. The van der Waals surface area contributed by atoms with Crippen molar-refractivity contribution in [1.82, 2.24) is 5.32 Å². The number of unbranched alkanes of at least 4 members (excludes halogenated alkanes) is 1. The van der Waals surface area contributed by atoms with Crippen LogP contribution in [0.15, 0.2) is 48.5 Å². The lowest BCUT2D eigenvalue weighted by Crippen LogP contribution is -2.30. The highest BCUT2D eigenvalue weighted by Gasteiger charge is 2.05. The van der Waals surface area contributed by atoms with Crippen LogP contribution >= 0.6 is 0 Å². The standard InChI is InChI=1S/C20H26N2O2/c1-3-4-14-24-18-10-11-19(16(2)15-18)22-20(23)21-13-12-17-8-6-5-7-9-17/h5-11,15H,3-4,12-14H2,1-2H3,(H2,21,22,23). The first-order chi connectivity index (χ1) is 11.7. The van der Waals surface area contributed by atoms with Crippen molar-refractivity contribution in [2.75, 3.05) is 18.5 Å². The number of hydrogen-bond donors (Lipinski definition) is 2. The van der Waals surface area contributed by atoms with E-state index in [1.165, 1.54) is 5.56 Å². The van der Waals surface area contributed by atoms with E-state index in [0.29, 0.717) is 6.54 Å². The quantitative estimate of drug-likeness (QED) is 0.700. The minimum absolute atomic E-state index is 0.186. The Labute approximate surface area is 144 Å². The Morgan fingerprint density at radius 1 is 1.12 bits per heavy atom. The molecule has 4 nitrogen and oxygen atoms in total. The van der Waals surface area contributed by atoms with Crippen LogP contribution in [0.25, 0.3) is 0 Å². The topological polar surface area (TPSA) is 50.4 Å². The molecule has 2 rings (SSSR count). The van der Waals surface area contributed by atoms with Gasteiger partial charge in [-0.25, -0.2) is 4.79 Å². The molecule has 0 fully saturated rings. The van der Waals surface area contributed by atoms with Gasteiger partial charge in [0.2, 0.25) is 0 Å². The van der Waals surface area contributed by atoms with Crippen molar-refractivity contribution < 1.29 is 9.53 Å². The predicted octanol–water partition coefficient (Wildman–Crippen LogP) is 4.54. The van der Waals surface area contributed by atoms with Crippen LogP contribution in [0.4, 0.5) is 10.5 Å². The fourth-order valence-corrected chi connectivity index (χ4v) is 2.33. The van der Waals surface area contributed by atoms with Crippen LogP contribution in [0.2, 0.25) is 0 Å². The molecule has 0 spiro atoms. The zero-order chi connectivity index (χ0) is 17.2. The summed E-state index contributed by atoms with van der Waals surface area (Å²) in [5.41, 5.74) is 3.00. The smallest absolute Gasteiger partial charge is 0.319 e. The molecule has 0 aromatic heterocycles. The van der Waals surface area contributed by atoms with E-state index in [1.807, 2.05) is 43.3 Å². The number of carbonyl (C=O) groups excluding carboxylic acids is 1. The monoisotopic (exact) mass is 326 g/mol. The SMILES string of the molecule is CCCCOc1ccc(NC(=O)NCCc2ccccc2)c(C)c1. The molecule has 0 atom stereocenters. The minimum atomic E-state index is -0.186. The Morgan fingerprint density at radius 3 is 2.62 bits per heavy atom. The lowest BCUT2D eigenvalue weighted by atomic mass is 10.1. The molecule has 2 amide bonds. The van der Waals surface area contributed by atoms with E-state index < -0.39 is 0 Å². The van der Waals surface area contributed by atoms with E-state index >= 15 is 0 Å². The van der Waals surface area contributed by atoms with Crippen LogP contribution in [0.1, 0.15) is 30.9 Å². The van der Waals surface area contributed by atoms with Crippen LogP contribution in [-0.4, -0.2) is 19.2 Å². The molecule has 4 heteroatoms. The molecule has 0 saturated heterocycles. The number of rotatable bonds is 8. The molecule has 2 aromatic carbocycles. The molecule has 24 heavy (non-hydrogen) atoms. The predicted molar refractivity (Wildman–Crippen MR) is 98.7 cm³/mol. The van der Waals surface area contributed by atoms with E-state index in [-0.39, 0.29) is 6.03 Å². The molecular weight excluding hydrogens is 300 g/mol. The molecule has 2 N–H and O–H groups in total. The van der Waals surface area contributed by atoms with E-state index in [1.54, 1.807) is 0 Å². The summed E-state index contributed by atoms with van der Waals surface area (Å²) in [5.74, 6) is 0.844. The van der Waals surface area contributed by atoms with Crippen LogP contribution in [-0.2, 0) is 6.42 Å². The lowest BCUT2D eigenvalue weighted by molar-refractivity contribution is 0.252. The summed E-state index contributed by atoms with van der Waals surface area (Å²) in [5, 5.41) is 5.77. The highest BCUT2D eigenvalue weighted by molar-refractivity contribution is 5.90. The van der Waals surface area contributed by atoms with Crippen molar-refractivity contribution in [3.63, 3.8) is 0 Å². The summed E-state index contributed by atoms with van der Waals surface area (Å²) < 4.78 is 5.67. The Bertz CT molecular complexity index is 641. The van der Waals surface area contributed by atoms with Gasteiger partial charge in [0.25, 0.3) is 0 Å². The van der Waals surface area contributed by atoms with E-state index in [0.717, 1.165) is 42.9 Å². The second-order valence-electron chi connectivity index (χ2n) is 5.80. The van der Waals surface area contributed by atoms with Crippen LogP contribution in [0, 0.1) is 6.92 Å². The van der Waals surface area contributed by atoms with Gasteiger partial charge in [-0.1, -0.05) is 43.7 Å². The third kappa shape index (κ3) is 5.95. The second kappa shape index (κ2) is 9.60. The van der Waals surface area contributed by atoms with Gasteiger partial charge in [0.15, 0.2) is 0 Å². The number of amides is 2. The van der Waals surface area contributed by atoms with Crippen LogP contribution in [0.3, 0.4) is 0 Å². The normalized spacial score (nSPS) is 10.2. The molecule has 0 aliphatic heterocycles. The van der Waals surface area contributed by atoms with Crippen molar-refractivity contribution in [2.24, 2.45) is 0 Å². The number of benzene rings is 2. The molecule has 0 aliphatic carbocycles. The average molecular weight is 326 g/mol. The average Bonchev–Trinajstić information content (AvgIpc) is 2.58. The van der Waals surface area contributed by atoms with Crippen molar-refractivity contribution in [2.45, 2.75) is 33.1 Å². The molecule has 2 aromatic rings.